The van der Waals surface area contributed by atoms with Crippen molar-refractivity contribution in [3.63, 3.8) is 0 Å². The van der Waals surface area contributed by atoms with Gasteiger partial charge >= 0.3 is 5.97 Å². The number of carboxylic acid groups (broad SMARTS) is 1. The fraction of sp³-hybridized carbons (Fsp3) is 0.667. The van der Waals surface area contributed by atoms with Gasteiger partial charge in [-0.2, -0.15) is 5.26 Å². The lowest BCUT2D eigenvalue weighted by molar-refractivity contribution is -0.149. The standard InChI is InChI=1S/C9H11ClN2O3/c10-5-7(13)12-3-1-9(6-11,2-4-12)8(14)15/h1-5H2,(H,14,15). The summed E-state index contributed by atoms with van der Waals surface area (Å²) in [4.78, 5) is 23.6. The quantitative estimate of drug-likeness (QED) is 0.698. The van der Waals surface area contributed by atoms with Gasteiger partial charge in [0.15, 0.2) is 5.41 Å². The van der Waals surface area contributed by atoms with E-state index in [1.807, 2.05) is 6.07 Å². The number of nitriles is 1. The van der Waals surface area contributed by atoms with Crippen LogP contribution in [-0.2, 0) is 9.59 Å². The van der Waals surface area contributed by atoms with Gasteiger partial charge in [-0.25, -0.2) is 0 Å². The van der Waals surface area contributed by atoms with Crippen LogP contribution in [-0.4, -0.2) is 40.9 Å². The molecule has 15 heavy (non-hydrogen) atoms. The predicted octanol–water partition coefficient (Wildman–Crippen LogP) is 0.442. The summed E-state index contributed by atoms with van der Waals surface area (Å²) in [5, 5.41) is 17.8. The molecular weight excluding hydrogens is 220 g/mol. The first-order chi connectivity index (χ1) is 7.05. The lowest BCUT2D eigenvalue weighted by atomic mass is 9.80. The Hall–Kier alpha value is -1.28. The maximum atomic E-state index is 11.2. The number of hydrogen-bond donors (Lipinski definition) is 1. The molecule has 0 aromatic rings. The normalized spacial score (nSPS) is 19.3. The molecule has 6 heteroatoms. The highest BCUT2D eigenvalue weighted by molar-refractivity contribution is 6.27. The van der Waals surface area contributed by atoms with Crippen LogP contribution in [0.4, 0.5) is 0 Å². The highest BCUT2D eigenvalue weighted by Crippen LogP contribution is 2.31. The molecule has 5 nitrogen and oxygen atoms in total. The molecule has 1 saturated heterocycles. The zero-order valence-electron chi connectivity index (χ0n) is 8.07. The number of alkyl halides is 1. The van der Waals surface area contributed by atoms with Gasteiger partial charge in [-0.1, -0.05) is 0 Å². The Morgan fingerprint density at radius 2 is 2.00 bits per heavy atom. The number of carbonyl (C=O) groups is 2. The van der Waals surface area contributed by atoms with Gasteiger partial charge in [-0.3, -0.25) is 9.59 Å². The van der Waals surface area contributed by atoms with Gasteiger partial charge in [-0.05, 0) is 12.8 Å². The lowest BCUT2D eigenvalue weighted by Gasteiger charge is -2.34. The van der Waals surface area contributed by atoms with Crippen molar-refractivity contribution in [2.75, 3.05) is 19.0 Å². The lowest BCUT2D eigenvalue weighted by Crippen LogP contribution is -2.46. The maximum absolute atomic E-state index is 11.2. The van der Waals surface area contributed by atoms with Crippen LogP contribution in [0.25, 0.3) is 0 Å². The minimum atomic E-state index is -1.33. The summed E-state index contributed by atoms with van der Waals surface area (Å²) in [6, 6.07) is 1.82. The van der Waals surface area contributed by atoms with Crippen molar-refractivity contribution in [3.8, 4) is 6.07 Å². The van der Waals surface area contributed by atoms with Crippen LogP contribution >= 0.6 is 11.6 Å². The molecule has 0 aliphatic carbocycles. The molecule has 1 aliphatic rings. The van der Waals surface area contributed by atoms with E-state index in [1.165, 1.54) is 4.90 Å². The Labute approximate surface area is 92.2 Å². The van der Waals surface area contributed by atoms with Crippen LogP contribution in [0.15, 0.2) is 0 Å². The summed E-state index contributed by atoms with van der Waals surface area (Å²) < 4.78 is 0. The van der Waals surface area contributed by atoms with Crippen LogP contribution in [0.2, 0.25) is 0 Å². The first-order valence-corrected chi connectivity index (χ1v) is 5.07. The largest absolute Gasteiger partial charge is 0.480 e. The number of piperidine rings is 1. The van der Waals surface area contributed by atoms with Gasteiger partial charge in [0.05, 0.1) is 6.07 Å². The van der Waals surface area contributed by atoms with Gasteiger partial charge in [0, 0.05) is 13.1 Å². The average molecular weight is 231 g/mol. The monoisotopic (exact) mass is 230 g/mol. The number of carbonyl (C=O) groups excluding carboxylic acids is 1. The second-order valence-electron chi connectivity index (χ2n) is 3.51. The van der Waals surface area contributed by atoms with E-state index < -0.39 is 11.4 Å². The second kappa shape index (κ2) is 4.49. The van der Waals surface area contributed by atoms with E-state index in [4.69, 9.17) is 22.0 Å². The number of halogens is 1. The van der Waals surface area contributed by atoms with Crippen molar-refractivity contribution in [3.05, 3.63) is 0 Å². The van der Waals surface area contributed by atoms with Gasteiger partial charge in [-0.15, -0.1) is 11.6 Å². The average Bonchev–Trinajstić information content (AvgIpc) is 2.28. The highest BCUT2D eigenvalue weighted by Gasteiger charge is 2.42. The molecule has 0 spiro atoms. The van der Waals surface area contributed by atoms with E-state index >= 15 is 0 Å². The highest BCUT2D eigenvalue weighted by atomic mass is 35.5. The number of rotatable bonds is 2. The Balaban J connectivity index is 2.66. The van der Waals surface area contributed by atoms with Crippen molar-refractivity contribution < 1.29 is 14.7 Å². The molecule has 0 atom stereocenters. The Morgan fingerprint density at radius 3 is 2.33 bits per heavy atom. The molecule has 0 radical (unpaired) electrons. The molecule has 0 unspecified atom stereocenters. The van der Waals surface area contributed by atoms with Crippen molar-refractivity contribution >= 4 is 23.5 Å². The van der Waals surface area contributed by atoms with Crippen molar-refractivity contribution in [2.24, 2.45) is 5.41 Å². The number of nitrogens with zero attached hydrogens (tertiary/aromatic N) is 2. The number of hydrogen-bond acceptors (Lipinski definition) is 3. The molecule has 0 aromatic heterocycles. The minimum absolute atomic E-state index is 0.105. The molecular formula is C9H11ClN2O3. The van der Waals surface area contributed by atoms with Gasteiger partial charge < -0.3 is 10.0 Å². The SMILES string of the molecule is N#CC1(C(=O)O)CCN(C(=O)CCl)CC1. The van der Waals surface area contributed by atoms with E-state index in [9.17, 15) is 9.59 Å². The van der Waals surface area contributed by atoms with E-state index in [-0.39, 0.29) is 37.7 Å². The zero-order chi connectivity index (χ0) is 11.5. The fourth-order valence-corrected chi connectivity index (χ4v) is 1.76. The van der Waals surface area contributed by atoms with Crippen LogP contribution in [0.1, 0.15) is 12.8 Å². The van der Waals surface area contributed by atoms with Crippen LogP contribution in [0.5, 0.6) is 0 Å². The zero-order valence-corrected chi connectivity index (χ0v) is 8.83. The third-order valence-corrected chi connectivity index (χ3v) is 2.94. The first-order valence-electron chi connectivity index (χ1n) is 4.54. The number of carboxylic acids is 1. The fourth-order valence-electron chi connectivity index (χ4n) is 1.60. The summed E-state index contributed by atoms with van der Waals surface area (Å²) in [6.07, 6.45) is 0.336. The second-order valence-corrected chi connectivity index (χ2v) is 3.78. The van der Waals surface area contributed by atoms with E-state index in [2.05, 4.69) is 0 Å². The van der Waals surface area contributed by atoms with Gasteiger partial charge in [0.2, 0.25) is 5.91 Å². The molecule has 82 valence electrons. The Morgan fingerprint density at radius 1 is 1.47 bits per heavy atom. The number of amides is 1. The summed E-state index contributed by atoms with van der Waals surface area (Å²) in [6.45, 7) is 0.566. The van der Waals surface area contributed by atoms with Gasteiger partial charge in [0.25, 0.3) is 0 Å². The van der Waals surface area contributed by atoms with Crippen LogP contribution in [0.3, 0.4) is 0 Å². The third-order valence-electron chi connectivity index (χ3n) is 2.71. The molecule has 1 aliphatic heterocycles. The van der Waals surface area contributed by atoms with E-state index in [1.54, 1.807) is 0 Å². The molecule has 1 rings (SSSR count). The number of aliphatic carboxylic acids is 1. The predicted molar refractivity (Wildman–Crippen MR) is 52.2 cm³/mol. The summed E-state index contributed by atoms with van der Waals surface area (Å²) in [7, 11) is 0. The van der Waals surface area contributed by atoms with Crippen molar-refractivity contribution in [2.45, 2.75) is 12.8 Å². The maximum Gasteiger partial charge on any atom is 0.324 e. The molecule has 1 heterocycles. The summed E-state index contributed by atoms with van der Waals surface area (Å²) in [5.41, 5.74) is -1.33. The van der Waals surface area contributed by atoms with Crippen molar-refractivity contribution in [1.82, 2.24) is 4.90 Å². The van der Waals surface area contributed by atoms with Crippen LogP contribution in [0, 0.1) is 16.7 Å². The van der Waals surface area contributed by atoms with Crippen LogP contribution < -0.4 is 0 Å². The Kier molecular flexibility index (Phi) is 3.53. The molecule has 0 saturated carbocycles. The summed E-state index contributed by atoms with van der Waals surface area (Å²) in [5.74, 6) is -1.43. The molecule has 1 amide bonds. The molecule has 0 aromatic carbocycles. The van der Waals surface area contributed by atoms with E-state index in [0.29, 0.717) is 0 Å². The smallest absolute Gasteiger partial charge is 0.324 e. The summed E-state index contributed by atoms with van der Waals surface area (Å²) >= 11 is 5.38. The van der Waals surface area contributed by atoms with Gasteiger partial charge in [0.1, 0.15) is 5.88 Å². The number of likely N-dealkylation sites (tertiary alicyclic amines) is 1. The first kappa shape index (κ1) is 11.8. The van der Waals surface area contributed by atoms with Crippen molar-refractivity contribution in [1.29, 1.82) is 5.26 Å². The topological polar surface area (TPSA) is 81.4 Å². The third kappa shape index (κ3) is 2.21. The van der Waals surface area contributed by atoms with E-state index in [0.717, 1.165) is 0 Å². The Bertz CT molecular complexity index is 316. The molecule has 1 N–H and O–H groups in total. The minimum Gasteiger partial charge on any atom is -0.480 e. The molecule has 1 fully saturated rings. The molecule has 0 bridgehead atoms.